The second-order valence-electron chi connectivity index (χ2n) is 7.97. The number of hydrogen-bond acceptors (Lipinski definition) is 8. The van der Waals surface area contributed by atoms with Crippen molar-refractivity contribution in [3.63, 3.8) is 0 Å². The Bertz CT molecular complexity index is 818. The average Bonchev–Trinajstić information content (AvgIpc) is 2.75. The number of aliphatic carboxylic acids is 3. The second kappa shape index (κ2) is 15.2. The van der Waals surface area contributed by atoms with Crippen LogP contribution in [0.3, 0.4) is 0 Å². The van der Waals surface area contributed by atoms with Gasteiger partial charge in [-0.1, -0.05) is 20.3 Å². The van der Waals surface area contributed by atoms with Gasteiger partial charge in [-0.05, 0) is 18.8 Å². The van der Waals surface area contributed by atoms with E-state index in [-0.39, 0.29) is 12.8 Å². The number of carbonyl (C=O) groups is 7. The predicted octanol–water partition coefficient (Wildman–Crippen LogP) is -2.50. The van der Waals surface area contributed by atoms with Gasteiger partial charge in [-0.25, -0.2) is 4.79 Å². The van der Waals surface area contributed by atoms with Gasteiger partial charge in [-0.2, -0.15) is 0 Å². The highest BCUT2D eigenvalue weighted by Crippen LogP contribution is 2.10. The van der Waals surface area contributed by atoms with E-state index < -0.39 is 90.9 Å². The summed E-state index contributed by atoms with van der Waals surface area (Å²) >= 11 is 0. The molecule has 0 bridgehead atoms. The van der Waals surface area contributed by atoms with Crippen LogP contribution in [0.2, 0.25) is 0 Å². The number of hydrogen-bond donors (Lipinski definition) is 8. The third-order valence-electron chi connectivity index (χ3n) is 5.10. The first-order valence-corrected chi connectivity index (χ1v) is 10.8. The van der Waals surface area contributed by atoms with Crippen molar-refractivity contribution in [1.82, 2.24) is 16.0 Å². The van der Waals surface area contributed by atoms with Gasteiger partial charge in [-0.3, -0.25) is 28.8 Å². The molecular weight excluding hydrogens is 470 g/mol. The van der Waals surface area contributed by atoms with E-state index in [0.717, 1.165) is 0 Å². The molecule has 0 aromatic carbocycles. The molecule has 0 aliphatic rings. The van der Waals surface area contributed by atoms with E-state index >= 15 is 0 Å². The zero-order valence-corrected chi connectivity index (χ0v) is 19.5. The average molecular weight is 504 g/mol. The van der Waals surface area contributed by atoms with Crippen LogP contribution in [0.15, 0.2) is 0 Å². The van der Waals surface area contributed by atoms with Gasteiger partial charge in [-0.15, -0.1) is 0 Å². The topological polar surface area (TPSA) is 268 Å². The predicted molar refractivity (Wildman–Crippen MR) is 118 cm³/mol. The third-order valence-corrected chi connectivity index (χ3v) is 5.10. The van der Waals surface area contributed by atoms with Crippen molar-refractivity contribution < 1.29 is 48.9 Å². The SMILES string of the molecule is CCC(C)C(NC(=O)C(CCC(N)=O)NC(=O)C(CCC(=O)O)NC(=O)C(N)CC(=O)O)C(=O)O. The second-order valence-corrected chi connectivity index (χ2v) is 7.97. The van der Waals surface area contributed by atoms with Crippen LogP contribution in [0, 0.1) is 5.92 Å². The summed E-state index contributed by atoms with van der Waals surface area (Å²) in [5.74, 6) is -8.26. The number of amides is 4. The van der Waals surface area contributed by atoms with Gasteiger partial charge in [0.1, 0.15) is 18.1 Å². The van der Waals surface area contributed by atoms with Gasteiger partial charge >= 0.3 is 17.9 Å². The Morgan fingerprint density at radius 3 is 1.69 bits per heavy atom. The van der Waals surface area contributed by atoms with Crippen LogP contribution in [0.4, 0.5) is 0 Å². The highest BCUT2D eigenvalue weighted by molar-refractivity contribution is 5.95. The number of carboxylic acids is 3. The Balaban J connectivity index is 5.70. The smallest absolute Gasteiger partial charge is 0.326 e. The molecule has 0 aliphatic heterocycles. The fourth-order valence-electron chi connectivity index (χ4n) is 2.86. The maximum Gasteiger partial charge on any atom is 0.326 e. The summed E-state index contributed by atoms with van der Waals surface area (Å²) in [4.78, 5) is 82.2. The van der Waals surface area contributed by atoms with Crippen LogP contribution in [-0.2, 0) is 33.6 Å². The highest BCUT2D eigenvalue weighted by Gasteiger charge is 2.32. The Hall–Kier alpha value is -3.75. The molecule has 0 aliphatic carbocycles. The number of nitrogens with two attached hydrogens (primary N) is 2. The number of rotatable bonds is 17. The van der Waals surface area contributed by atoms with Crippen LogP contribution >= 0.6 is 0 Å². The molecule has 4 amide bonds. The van der Waals surface area contributed by atoms with E-state index in [9.17, 15) is 38.7 Å². The summed E-state index contributed by atoms with van der Waals surface area (Å²) in [7, 11) is 0. The molecule has 0 aromatic rings. The molecule has 35 heavy (non-hydrogen) atoms. The van der Waals surface area contributed by atoms with Gasteiger partial charge in [0, 0.05) is 12.8 Å². The molecule has 0 spiro atoms. The van der Waals surface area contributed by atoms with Gasteiger partial charge in [0.25, 0.3) is 0 Å². The molecule has 5 atom stereocenters. The minimum atomic E-state index is -1.53. The Labute approximate surface area is 201 Å². The standard InChI is InChI=1S/C20H33N5O10/c1-3-9(2)16(20(34)35)25-19(33)11(4-6-13(22)26)24-18(32)12(5-7-14(27)28)23-17(31)10(21)8-15(29)30/h9-12,16H,3-8,21H2,1-2H3,(H2,22,26)(H,23,31)(H,24,32)(H,25,33)(H,27,28)(H,29,30)(H,34,35). The first kappa shape index (κ1) is 31.2. The molecule has 0 rings (SSSR count). The normalized spacial score (nSPS) is 14.9. The van der Waals surface area contributed by atoms with E-state index in [1.54, 1.807) is 13.8 Å². The largest absolute Gasteiger partial charge is 0.481 e. The summed E-state index contributed by atoms with van der Waals surface area (Å²) in [6.45, 7) is 3.30. The zero-order valence-electron chi connectivity index (χ0n) is 19.5. The molecule has 0 aromatic heterocycles. The van der Waals surface area contributed by atoms with Crippen molar-refractivity contribution in [2.45, 2.75) is 76.5 Å². The van der Waals surface area contributed by atoms with E-state index in [1.807, 2.05) is 0 Å². The summed E-state index contributed by atoms with van der Waals surface area (Å²) in [5, 5.41) is 33.8. The lowest BCUT2D eigenvalue weighted by Gasteiger charge is -2.26. The number of nitrogens with one attached hydrogen (secondary N) is 3. The quantitative estimate of drug-likeness (QED) is 0.103. The number of primary amides is 1. The molecule has 0 fully saturated rings. The molecule has 0 saturated heterocycles. The Kier molecular flexibility index (Phi) is 13.6. The van der Waals surface area contributed by atoms with Crippen molar-refractivity contribution in [2.24, 2.45) is 17.4 Å². The summed E-state index contributed by atoms with van der Waals surface area (Å²) in [6.07, 6.45) is -2.00. The van der Waals surface area contributed by atoms with Gasteiger partial charge < -0.3 is 42.7 Å². The fraction of sp³-hybridized carbons (Fsp3) is 0.650. The van der Waals surface area contributed by atoms with Crippen molar-refractivity contribution in [2.75, 3.05) is 0 Å². The molecule has 10 N–H and O–H groups in total. The lowest BCUT2D eigenvalue weighted by molar-refractivity contribution is -0.144. The van der Waals surface area contributed by atoms with Crippen LogP contribution in [-0.4, -0.2) is 81.0 Å². The maximum absolute atomic E-state index is 12.8. The van der Waals surface area contributed by atoms with Gasteiger partial charge in [0.2, 0.25) is 23.6 Å². The number of carboxylic acid groups (broad SMARTS) is 3. The minimum absolute atomic E-state index is 0.308. The lowest BCUT2D eigenvalue weighted by atomic mass is 9.98. The Morgan fingerprint density at radius 1 is 0.771 bits per heavy atom. The van der Waals surface area contributed by atoms with Crippen molar-refractivity contribution >= 4 is 41.5 Å². The van der Waals surface area contributed by atoms with E-state index in [1.165, 1.54) is 0 Å². The van der Waals surface area contributed by atoms with Crippen molar-refractivity contribution in [3.05, 3.63) is 0 Å². The Morgan fingerprint density at radius 2 is 1.26 bits per heavy atom. The van der Waals surface area contributed by atoms with E-state index in [2.05, 4.69) is 16.0 Å². The summed E-state index contributed by atoms with van der Waals surface area (Å²) in [6, 6.07) is -5.80. The van der Waals surface area contributed by atoms with Crippen LogP contribution in [0.5, 0.6) is 0 Å². The summed E-state index contributed by atoms with van der Waals surface area (Å²) in [5.41, 5.74) is 10.6. The fourth-order valence-corrected chi connectivity index (χ4v) is 2.86. The summed E-state index contributed by atoms with van der Waals surface area (Å²) < 4.78 is 0. The highest BCUT2D eigenvalue weighted by atomic mass is 16.4. The van der Waals surface area contributed by atoms with Crippen molar-refractivity contribution in [1.29, 1.82) is 0 Å². The first-order chi connectivity index (χ1) is 16.2. The van der Waals surface area contributed by atoms with Crippen LogP contribution in [0.1, 0.15) is 52.4 Å². The molecule has 0 heterocycles. The molecule has 15 heteroatoms. The maximum atomic E-state index is 12.8. The van der Waals surface area contributed by atoms with E-state index in [4.69, 9.17) is 21.7 Å². The van der Waals surface area contributed by atoms with Crippen molar-refractivity contribution in [3.8, 4) is 0 Å². The minimum Gasteiger partial charge on any atom is -0.481 e. The molecule has 15 nitrogen and oxygen atoms in total. The van der Waals surface area contributed by atoms with Crippen LogP contribution < -0.4 is 27.4 Å². The van der Waals surface area contributed by atoms with E-state index in [0.29, 0.717) is 6.42 Å². The lowest BCUT2D eigenvalue weighted by Crippen LogP contribution is -2.58. The molecule has 198 valence electrons. The number of carbonyl (C=O) groups excluding carboxylic acids is 4. The van der Waals surface area contributed by atoms with Crippen LogP contribution in [0.25, 0.3) is 0 Å². The molecule has 0 saturated carbocycles. The third kappa shape index (κ3) is 12.3. The molecule has 5 unspecified atom stereocenters. The molecule has 0 radical (unpaired) electrons. The molecular formula is C20H33N5O10. The van der Waals surface area contributed by atoms with Gasteiger partial charge in [0.15, 0.2) is 0 Å². The monoisotopic (exact) mass is 503 g/mol. The zero-order chi connectivity index (χ0) is 27.3. The van der Waals surface area contributed by atoms with Gasteiger partial charge in [0.05, 0.1) is 12.5 Å². The first-order valence-electron chi connectivity index (χ1n) is 10.8.